The number of hydrogen-bond donors (Lipinski definition) is 0. The fraction of sp³-hybridized carbons (Fsp3) is 0.467. The van der Waals surface area contributed by atoms with Crippen LogP contribution in [0.3, 0.4) is 0 Å². The van der Waals surface area contributed by atoms with Crippen LogP contribution in [-0.2, 0) is 20.7 Å². The number of carbonyl (C=O) groups excluding carboxylic acids is 2. The predicted octanol–water partition coefficient (Wildman–Crippen LogP) is 2.53. The lowest BCUT2D eigenvalue weighted by Crippen LogP contribution is -2.34. The summed E-state index contributed by atoms with van der Waals surface area (Å²) in [6.07, 6.45) is 2.86. The summed E-state index contributed by atoms with van der Waals surface area (Å²) < 4.78 is 4.97. The maximum absolute atomic E-state index is 11.7. The zero-order valence-corrected chi connectivity index (χ0v) is 10.6. The van der Waals surface area contributed by atoms with Gasteiger partial charge in [-0.2, -0.15) is 0 Å². The van der Waals surface area contributed by atoms with Crippen molar-refractivity contribution in [2.24, 2.45) is 5.41 Å². The third kappa shape index (κ3) is 2.45. The van der Waals surface area contributed by atoms with Gasteiger partial charge < -0.3 is 4.74 Å². The Morgan fingerprint density at radius 3 is 2.61 bits per heavy atom. The minimum Gasteiger partial charge on any atom is -0.465 e. The van der Waals surface area contributed by atoms with Gasteiger partial charge in [0.1, 0.15) is 11.2 Å². The van der Waals surface area contributed by atoms with Crippen LogP contribution in [0, 0.1) is 5.41 Å². The second-order valence-corrected chi connectivity index (χ2v) is 4.86. The van der Waals surface area contributed by atoms with Crippen LogP contribution < -0.4 is 0 Å². The molecule has 3 nitrogen and oxygen atoms in total. The molecule has 1 atom stereocenters. The molecule has 1 aromatic rings. The standard InChI is InChI=1S/C15H18O3/c1-12(16)15(10-11-18-14(15)17)9-5-8-13-6-3-2-4-7-13/h2-4,6-7H,5,8-11H2,1H3. The van der Waals surface area contributed by atoms with Crippen molar-refractivity contribution in [2.75, 3.05) is 6.61 Å². The number of Topliss-reactive ketones (excluding diaryl/α,β-unsaturated/α-hetero) is 1. The molecule has 0 aliphatic carbocycles. The smallest absolute Gasteiger partial charge is 0.319 e. The molecule has 0 amide bonds. The van der Waals surface area contributed by atoms with Gasteiger partial charge in [0.2, 0.25) is 0 Å². The Morgan fingerprint density at radius 2 is 2.06 bits per heavy atom. The topological polar surface area (TPSA) is 43.4 Å². The molecule has 2 rings (SSSR count). The van der Waals surface area contributed by atoms with E-state index in [0.717, 1.165) is 12.8 Å². The SMILES string of the molecule is CC(=O)C1(CCCc2ccccc2)CCOC1=O. The summed E-state index contributed by atoms with van der Waals surface area (Å²) in [5.41, 5.74) is 0.372. The first-order valence-electron chi connectivity index (χ1n) is 6.37. The van der Waals surface area contributed by atoms with Crippen molar-refractivity contribution in [3.63, 3.8) is 0 Å². The van der Waals surface area contributed by atoms with E-state index in [-0.39, 0.29) is 11.8 Å². The van der Waals surface area contributed by atoms with Gasteiger partial charge in [-0.15, -0.1) is 0 Å². The van der Waals surface area contributed by atoms with Crippen molar-refractivity contribution >= 4 is 11.8 Å². The van der Waals surface area contributed by atoms with Gasteiger partial charge in [0, 0.05) is 6.42 Å². The first kappa shape index (κ1) is 12.8. The van der Waals surface area contributed by atoms with E-state index in [2.05, 4.69) is 12.1 Å². The van der Waals surface area contributed by atoms with Gasteiger partial charge >= 0.3 is 5.97 Å². The molecule has 0 aromatic heterocycles. The predicted molar refractivity (Wildman–Crippen MR) is 68.1 cm³/mol. The summed E-state index contributed by atoms with van der Waals surface area (Å²) in [5.74, 6) is -0.388. The molecule has 1 unspecified atom stereocenters. The summed E-state index contributed by atoms with van der Waals surface area (Å²) in [5, 5.41) is 0. The quantitative estimate of drug-likeness (QED) is 0.592. The summed E-state index contributed by atoms with van der Waals surface area (Å²) in [6.45, 7) is 1.87. The van der Waals surface area contributed by atoms with Crippen molar-refractivity contribution in [3.8, 4) is 0 Å². The first-order chi connectivity index (χ1) is 8.65. The van der Waals surface area contributed by atoms with E-state index in [1.54, 1.807) is 0 Å². The number of benzene rings is 1. The number of hydrogen-bond acceptors (Lipinski definition) is 3. The Morgan fingerprint density at radius 1 is 1.33 bits per heavy atom. The van der Waals surface area contributed by atoms with Crippen LogP contribution in [0.25, 0.3) is 0 Å². The van der Waals surface area contributed by atoms with Crippen LogP contribution in [0.1, 0.15) is 31.7 Å². The molecule has 3 heteroatoms. The van der Waals surface area contributed by atoms with E-state index < -0.39 is 5.41 Å². The molecule has 0 N–H and O–H groups in total. The third-order valence-corrected chi connectivity index (χ3v) is 3.74. The second kappa shape index (κ2) is 5.34. The van der Waals surface area contributed by atoms with E-state index in [1.165, 1.54) is 12.5 Å². The van der Waals surface area contributed by atoms with Gasteiger partial charge in [-0.1, -0.05) is 30.3 Å². The summed E-state index contributed by atoms with van der Waals surface area (Å²) in [7, 11) is 0. The molecule has 1 fully saturated rings. The lowest BCUT2D eigenvalue weighted by molar-refractivity contribution is -0.151. The number of rotatable bonds is 5. The number of ketones is 1. The highest BCUT2D eigenvalue weighted by molar-refractivity contribution is 6.03. The molecule has 1 saturated heterocycles. The first-order valence-corrected chi connectivity index (χ1v) is 6.37. The lowest BCUT2D eigenvalue weighted by Gasteiger charge is -2.20. The Bertz CT molecular complexity index is 438. The van der Waals surface area contributed by atoms with Gasteiger partial charge in [-0.3, -0.25) is 9.59 Å². The van der Waals surface area contributed by atoms with Crippen molar-refractivity contribution in [2.45, 2.75) is 32.6 Å². The number of cyclic esters (lactones) is 1. The normalized spacial score (nSPS) is 22.8. The van der Waals surface area contributed by atoms with Crippen LogP contribution >= 0.6 is 0 Å². The van der Waals surface area contributed by atoms with Crippen molar-refractivity contribution < 1.29 is 14.3 Å². The number of carbonyl (C=O) groups is 2. The molecule has 18 heavy (non-hydrogen) atoms. The number of esters is 1. The average molecular weight is 246 g/mol. The summed E-state index contributed by atoms with van der Waals surface area (Å²) >= 11 is 0. The Kier molecular flexibility index (Phi) is 3.80. The van der Waals surface area contributed by atoms with Gasteiger partial charge in [-0.05, 0) is 31.7 Å². The molecule has 1 aliphatic rings. The van der Waals surface area contributed by atoms with Gasteiger partial charge in [0.25, 0.3) is 0 Å². The minimum atomic E-state index is -0.866. The Labute approximate surface area is 107 Å². The average Bonchev–Trinajstić information content (AvgIpc) is 2.73. The zero-order valence-electron chi connectivity index (χ0n) is 10.6. The molecule has 96 valence electrons. The highest BCUT2D eigenvalue weighted by Crippen LogP contribution is 2.36. The van der Waals surface area contributed by atoms with E-state index in [9.17, 15) is 9.59 Å². The van der Waals surface area contributed by atoms with Crippen molar-refractivity contribution in [1.82, 2.24) is 0 Å². The molecule has 0 saturated carbocycles. The van der Waals surface area contributed by atoms with Gasteiger partial charge in [0.15, 0.2) is 0 Å². The van der Waals surface area contributed by atoms with Gasteiger partial charge in [-0.25, -0.2) is 0 Å². The molecule has 1 aromatic carbocycles. The Balaban J connectivity index is 1.95. The van der Waals surface area contributed by atoms with Crippen LogP contribution in [-0.4, -0.2) is 18.4 Å². The molecular formula is C15H18O3. The molecule has 1 aliphatic heterocycles. The highest BCUT2D eigenvalue weighted by atomic mass is 16.5. The van der Waals surface area contributed by atoms with Crippen LogP contribution in [0.4, 0.5) is 0 Å². The fourth-order valence-electron chi connectivity index (χ4n) is 2.52. The van der Waals surface area contributed by atoms with E-state index in [0.29, 0.717) is 19.4 Å². The second-order valence-electron chi connectivity index (χ2n) is 4.86. The molecule has 0 radical (unpaired) electrons. The van der Waals surface area contributed by atoms with Crippen LogP contribution in [0.5, 0.6) is 0 Å². The fourth-order valence-corrected chi connectivity index (χ4v) is 2.52. The largest absolute Gasteiger partial charge is 0.465 e. The molecule has 0 bridgehead atoms. The lowest BCUT2D eigenvalue weighted by atomic mass is 9.78. The zero-order chi connectivity index (χ0) is 13.0. The van der Waals surface area contributed by atoms with E-state index in [4.69, 9.17) is 4.74 Å². The molecule has 0 spiro atoms. The number of ether oxygens (including phenoxy) is 1. The van der Waals surface area contributed by atoms with Crippen LogP contribution in [0.15, 0.2) is 30.3 Å². The summed E-state index contributed by atoms with van der Waals surface area (Å²) in [4.78, 5) is 23.5. The third-order valence-electron chi connectivity index (χ3n) is 3.74. The van der Waals surface area contributed by atoms with E-state index >= 15 is 0 Å². The summed E-state index contributed by atoms with van der Waals surface area (Å²) in [6, 6.07) is 10.1. The van der Waals surface area contributed by atoms with Crippen molar-refractivity contribution in [1.29, 1.82) is 0 Å². The maximum atomic E-state index is 11.7. The van der Waals surface area contributed by atoms with E-state index in [1.807, 2.05) is 18.2 Å². The monoisotopic (exact) mass is 246 g/mol. The number of aryl methyl sites for hydroxylation is 1. The highest BCUT2D eigenvalue weighted by Gasteiger charge is 2.47. The molecule has 1 heterocycles. The maximum Gasteiger partial charge on any atom is 0.319 e. The molecular weight excluding hydrogens is 228 g/mol. The van der Waals surface area contributed by atoms with Gasteiger partial charge in [0.05, 0.1) is 6.61 Å². The van der Waals surface area contributed by atoms with Crippen LogP contribution in [0.2, 0.25) is 0 Å². The Hall–Kier alpha value is -1.64. The van der Waals surface area contributed by atoms with Crippen molar-refractivity contribution in [3.05, 3.63) is 35.9 Å². The minimum absolute atomic E-state index is 0.0574.